The van der Waals surface area contributed by atoms with E-state index < -0.39 is 21.2 Å². The lowest BCUT2D eigenvalue weighted by Gasteiger charge is -2.45. The number of hydrogen-bond donors (Lipinski definition) is 1. The highest BCUT2D eigenvalue weighted by atomic mass is 35.5. The number of fused-ring (bicyclic) bond motifs is 1. The molecule has 6 nitrogen and oxygen atoms in total. The number of likely N-dealkylation sites (tertiary alicyclic amines) is 1. The average Bonchev–Trinajstić information content (AvgIpc) is 3.06. The van der Waals surface area contributed by atoms with Crippen LogP contribution in [0.1, 0.15) is 86.1 Å². The van der Waals surface area contributed by atoms with E-state index in [9.17, 15) is 18.5 Å². The number of likely N-dealkylation sites (N-methyl/N-ethyl adjacent to an activating group) is 1. The van der Waals surface area contributed by atoms with E-state index in [0.29, 0.717) is 33.4 Å². The van der Waals surface area contributed by atoms with Crippen molar-refractivity contribution in [1.82, 2.24) is 10.2 Å². The first-order valence-electron chi connectivity index (χ1n) is 16.0. The molecule has 0 bridgehead atoms. The number of carbonyl (C=O) groups is 1. The predicted molar refractivity (Wildman–Crippen MR) is 186 cm³/mol. The highest BCUT2D eigenvalue weighted by Gasteiger charge is 2.51. The largest absolute Gasteiger partial charge is 0.359 e. The normalized spacial score (nSPS) is 21.8. The topological polar surface area (TPSA) is 90.3 Å². The minimum atomic E-state index is -3.35. The zero-order chi connectivity index (χ0) is 33.1. The minimum absolute atomic E-state index is 0.0553. The molecule has 242 valence electrons. The lowest BCUT2D eigenvalue weighted by molar-refractivity contribution is -0.123. The molecule has 3 aromatic carbocycles. The Kier molecular flexibility index (Phi) is 10.6. The Morgan fingerprint density at radius 1 is 1.02 bits per heavy atom. The van der Waals surface area contributed by atoms with Gasteiger partial charge in [0.25, 0.3) is 0 Å². The summed E-state index contributed by atoms with van der Waals surface area (Å²) in [6.07, 6.45) is 7.25. The maximum Gasteiger partial charge on any atom is 0.228 e. The zero-order valence-electron chi connectivity index (χ0n) is 26.7. The lowest BCUT2D eigenvalue weighted by Crippen LogP contribution is -2.46. The van der Waals surface area contributed by atoms with Gasteiger partial charge >= 0.3 is 0 Å². The number of carbonyl (C=O) groups excluding carboxylic acids is 1. The second-order valence-electron chi connectivity index (χ2n) is 12.4. The van der Waals surface area contributed by atoms with Crippen molar-refractivity contribution in [3.8, 4) is 6.07 Å². The molecule has 1 amide bonds. The summed E-state index contributed by atoms with van der Waals surface area (Å²) >= 11 is 12.9. The molecule has 1 fully saturated rings. The second kappa shape index (κ2) is 14.3. The van der Waals surface area contributed by atoms with Crippen molar-refractivity contribution in [3.05, 3.63) is 105 Å². The number of sulfone groups is 1. The standard InChI is InChI=1S/C37H41Cl2N3O3S/c1-4-37(25-19-20-31(38)32(39)23-25)30(24-40)27(26-13-5-6-15-28(26)35(37)36(43)41-2)14-9-11-21-42-22-12-10-17-33(42)29-16-7-8-18-34(29)46(3,44)45/h5-8,13,15-16,18-20,23,33,35H,4,9-12,14,17,21-22H2,1-3H3,(H,41,43)/t33?,35-,37?/m1/s1. The number of hydrogen-bond acceptors (Lipinski definition) is 5. The third kappa shape index (κ3) is 6.38. The summed E-state index contributed by atoms with van der Waals surface area (Å²) in [5.74, 6) is -0.781. The van der Waals surface area contributed by atoms with Gasteiger partial charge in [-0.2, -0.15) is 5.26 Å². The first-order valence-corrected chi connectivity index (χ1v) is 18.7. The Labute approximate surface area is 283 Å². The molecule has 0 radical (unpaired) electrons. The molecule has 2 unspecified atom stereocenters. The Balaban J connectivity index is 1.49. The van der Waals surface area contributed by atoms with Crippen LogP contribution in [0.3, 0.4) is 0 Å². The van der Waals surface area contributed by atoms with Crippen LogP contribution in [-0.4, -0.2) is 45.6 Å². The van der Waals surface area contributed by atoms with Crippen molar-refractivity contribution in [1.29, 1.82) is 5.26 Å². The van der Waals surface area contributed by atoms with Gasteiger partial charge in [0, 0.05) is 30.3 Å². The molecule has 1 aliphatic heterocycles. The molecule has 3 atom stereocenters. The van der Waals surface area contributed by atoms with Gasteiger partial charge in [0.1, 0.15) is 0 Å². The molecule has 1 N–H and O–H groups in total. The Hall–Kier alpha value is -3.15. The van der Waals surface area contributed by atoms with E-state index in [1.807, 2.05) is 49.4 Å². The van der Waals surface area contributed by atoms with Crippen molar-refractivity contribution in [2.24, 2.45) is 0 Å². The highest BCUT2D eigenvalue weighted by molar-refractivity contribution is 7.90. The summed E-state index contributed by atoms with van der Waals surface area (Å²) in [5, 5.41) is 14.5. The smallest absolute Gasteiger partial charge is 0.228 e. The van der Waals surface area contributed by atoms with Crippen LogP contribution in [0.25, 0.3) is 5.57 Å². The molecule has 2 aliphatic rings. The molecular formula is C37H41Cl2N3O3S. The van der Waals surface area contributed by atoms with E-state index >= 15 is 0 Å². The van der Waals surface area contributed by atoms with Crippen molar-refractivity contribution in [2.45, 2.75) is 74.1 Å². The highest BCUT2D eigenvalue weighted by Crippen LogP contribution is 2.55. The summed E-state index contributed by atoms with van der Waals surface area (Å²) in [6, 6.07) is 23.4. The first kappa shape index (κ1) is 34.2. The van der Waals surface area contributed by atoms with Crippen molar-refractivity contribution in [3.63, 3.8) is 0 Å². The number of allylic oxidation sites excluding steroid dienone is 2. The quantitative estimate of drug-likeness (QED) is 0.218. The van der Waals surface area contributed by atoms with Crippen LogP contribution in [0.15, 0.2) is 77.2 Å². The fraction of sp³-hybridized carbons (Fsp3) is 0.405. The molecule has 5 rings (SSSR count). The van der Waals surface area contributed by atoms with Gasteiger partial charge in [-0.15, -0.1) is 0 Å². The number of amides is 1. The summed E-state index contributed by atoms with van der Waals surface area (Å²) in [6.45, 7) is 3.76. The van der Waals surface area contributed by atoms with E-state index in [-0.39, 0.29) is 11.9 Å². The maximum atomic E-state index is 13.7. The number of nitriles is 1. The Morgan fingerprint density at radius 2 is 1.74 bits per heavy atom. The van der Waals surface area contributed by atoms with E-state index in [4.69, 9.17) is 23.2 Å². The molecule has 1 saturated heterocycles. The van der Waals surface area contributed by atoms with Crippen LogP contribution in [0, 0.1) is 11.3 Å². The Bertz CT molecular complexity index is 1800. The molecule has 0 aromatic heterocycles. The SMILES string of the molecule is CCC1(c2ccc(Cl)c(Cl)c2)C(C#N)=C(CCCCN2CCCCC2c2ccccc2S(C)(=O)=O)c2ccccc2[C@@H]1C(=O)NC. The number of benzene rings is 3. The summed E-state index contributed by atoms with van der Waals surface area (Å²) in [5.41, 5.74) is 4.15. The first-order chi connectivity index (χ1) is 22.1. The van der Waals surface area contributed by atoms with Gasteiger partial charge in [-0.3, -0.25) is 9.69 Å². The third-order valence-corrected chi connectivity index (χ3v) is 11.8. The second-order valence-corrected chi connectivity index (χ2v) is 15.2. The fourth-order valence-electron chi connectivity index (χ4n) is 7.76. The van der Waals surface area contributed by atoms with Gasteiger partial charge in [0.15, 0.2) is 9.84 Å². The molecule has 0 saturated carbocycles. The molecule has 9 heteroatoms. The number of nitrogens with zero attached hydrogens (tertiary/aromatic N) is 2. The van der Waals surface area contributed by atoms with Gasteiger partial charge < -0.3 is 5.32 Å². The summed E-state index contributed by atoms with van der Waals surface area (Å²) < 4.78 is 25.2. The van der Waals surface area contributed by atoms with E-state index in [1.165, 1.54) is 6.26 Å². The third-order valence-electron chi connectivity index (χ3n) is 9.86. The molecule has 46 heavy (non-hydrogen) atoms. The van der Waals surface area contributed by atoms with Gasteiger partial charge in [-0.05, 0) is 97.6 Å². The predicted octanol–water partition coefficient (Wildman–Crippen LogP) is 8.26. The minimum Gasteiger partial charge on any atom is -0.359 e. The van der Waals surface area contributed by atoms with Gasteiger partial charge in [-0.25, -0.2) is 8.42 Å². The fourth-order valence-corrected chi connectivity index (χ4v) is 9.02. The molecular weight excluding hydrogens is 637 g/mol. The van der Waals surface area contributed by atoms with E-state index in [1.54, 1.807) is 31.3 Å². The monoisotopic (exact) mass is 677 g/mol. The van der Waals surface area contributed by atoms with E-state index in [0.717, 1.165) is 73.0 Å². The molecule has 1 aliphatic carbocycles. The van der Waals surface area contributed by atoms with Crippen LogP contribution < -0.4 is 5.32 Å². The number of rotatable bonds is 10. The summed E-state index contributed by atoms with van der Waals surface area (Å²) in [4.78, 5) is 16.6. The molecule has 0 spiro atoms. The van der Waals surface area contributed by atoms with Crippen molar-refractivity contribution < 1.29 is 13.2 Å². The van der Waals surface area contributed by atoms with Crippen LogP contribution in [0.2, 0.25) is 10.0 Å². The van der Waals surface area contributed by atoms with Gasteiger partial charge in [-0.1, -0.05) is 85.1 Å². The number of halogens is 2. The van der Waals surface area contributed by atoms with E-state index in [2.05, 4.69) is 16.3 Å². The van der Waals surface area contributed by atoms with Crippen molar-refractivity contribution in [2.75, 3.05) is 26.4 Å². The van der Waals surface area contributed by atoms with Crippen LogP contribution in [0.4, 0.5) is 0 Å². The van der Waals surface area contributed by atoms with Crippen molar-refractivity contribution >= 4 is 44.5 Å². The molecule has 1 heterocycles. The van der Waals surface area contributed by atoms with Crippen LogP contribution in [0.5, 0.6) is 0 Å². The lowest BCUT2D eigenvalue weighted by atomic mass is 9.56. The summed E-state index contributed by atoms with van der Waals surface area (Å²) in [7, 11) is -1.71. The molecule has 3 aromatic rings. The average molecular weight is 679 g/mol. The number of piperidine rings is 1. The zero-order valence-corrected chi connectivity index (χ0v) is 29.0. The maximum absolute atomic E-state index is 13.7. The number of unbranched alkanes of at least 4 members (excludes halogenated alkanes) is 1. The van der Waals surface area contributed by atoms with Crippen LogP contribution in [-0.2, 0) is 20.0 Å². The van der Waals surface area contributed by atoms with Crippen LogP contribution >= 0.6 is 23.2 Å². The Morgan fingerprint density at radius 3 is 2.41 bits per heavy atom. The van der Waals surface area contributed by atoms with Gasteiger partial charge in [0.2, 0.25) is 5.91 Å². The number of nitrogens with one attached hydrogen (secondary N) is 1. The van der Waals surface area contributed by atoms with Gasteiger partial charge in [0.05, 0.1) is 26.9 Å².